The minimum atomic E-state index is -4.56. The van der Waals surface area contributed by atoms with Gasteiger partial charge in [0.2, 0.25) is 0 Å². The summed E-state index contributed by atoms with van der Waals surface area (Å²) in [6.07, 6.45) is -1.91. The third-order valence-corrected chi connectivity index (χ3v) is 4.06. The van der Waals surface area contributed by atoms with Gasteiger partial charge in [0.25, 0.3) is 5.91 Å². The van der Waals surface area contributed by atoms with E-state index in [4.69, 9.17) is 4.74 Å². The predicted molar refractivity (Wildman–Crippen MR) is 109 cm³/mol. The fourth-order valence-corrected chi connectivity index (χ4v) is 2.44. The maximum atomic E-state index is 12.8. The molecule has 0 aliphatic carbocycles. The molecule has 0 saturated carbocycles. The topological polar surface area (TPSA) is 91.2 Å². The van der Waals surface area contributed by atoms with E-state index in [1.807, 2.05) is 6.92 Å². The normalized spacial score (nSPS) is 11.4. The number of halogens is 3. The van der Waals surface area contributed by atoms with Crippen molar-refractivity contribution in [2.75, 3.05) is 17.2 Å². The zero-order valence-electron chi connectivity index (χ0n) is 16.6. The van der Waals surface area contributed by atoms with Crippen LogP contribution in [0.25, 0.3) is 0 Å². The summed E-state index contributed by atoms with van der Waals surface area (Å²) in [6, 6.07) is 12.1. The van der Waals surface area contributed by atoms with E-state index in [1.165, 1.54) is 12.1 Å². The Kier molecular flexibility index (Phi) is 8.20. The van der Waals surface area contributed by atoms with Crippen LogP contribution in [0.5, 0.6) is 0 Å². The summed E-state index contributed by atoms with van der Waals surface area (Å²) in [7, 11) is 0. The van der Waals surface area contributed by atoms with Crippen molar-refractivity contribution < 1.29 is 27.5 Å². The Morgan fingerprint density at radius 3 is 2.58 bits per heavy atom. The van der Waals surface area contributed by atoms with Gasteiger partial charge in [0.1, 0.15) is 11.6 Å². The summed E-state index contributed by atoms with van der Waals surface area (Å²) in [4.78, 5) is 24.5. The summed E-state index contributed by atoms with van der Waals surface area (Å²) in [6.45, 7) is 2.23. The number of unbranched alkanes of at least 4 members (excludes halogenated alkanes) is 1. The van der Waals surface area contributed by atoms with Crippen molar-refractivity contribution in [3.05, 3.63) is 71.4 Å². The lowest BCUT2D eigenvalue weighted by molar-refractivity contribution is -0.137. The molecular formula is C22H20F3N3O3. The smallest absolute Gasteiger partial charge is 0.416 e. The van der Waals surface area contributed by atoms with Crippen molar-refractivity contribution in [2.24, 2.45) is 0 Å². The first-order valence-electron chi connectivity index (χ1n) is 9.37. The molecule has 0 saturated heterocycles. The number of ether oxygens (including phenoxy) is 1. The van der Waals surface area contributed by atoms with Gasteiger partial charge in [-0.25, -0.2) is 4.79 Å². The molecule has 0 aromatic heterocycles. The number of carbonyl (C=O) groups is 2. The molecule has 2 rings (SSSR count). The third-order valence-electron chi connectivity index (χ3n) is 4.06. The second-order valence-electron chi connectivity index (χ2n) is 6.38. The molecule has 6 nitrogen and oxygen atoms in total. The van der Waals surface area contributed by atoms with Gasteiger partial charge in [0.15, 0.2) is 0 Å². The van der Waals surface area contributed by atoms with Gasteiger partial charge in [0.05, 0.1) is 23.4 Å². The fourth-order valence-electron chi connectivity index (χ4n) is 2.44. The lowest BCUT2D eigenvalue weighted by Crippen LogP contribution is -2.16. The highest BCUT2D eigenvalue weighted by molar-refractivity contribution is 6.07. The minimum Gasteiger partial charge on any atom is -0.462 e. The number of carbonyl (C=O) groups excluding carboxylic acids is 2. The third kappa shape index (κ3) is 6.89. The fraction of sp³-hybridized carbons (Fsp3) is 0.227. The van der Waals surface area contributed by atoms with Crippen molar-refractivity contribution in [3.63, 3.8) is 0 Å². The van der Waals surface area contributed by atoms with Crippen LogP contribution in [0.4, 0.5) is 24.5 Å². The molecule has 0 radical (unpaired) electrons. The van der Waals surface area contributed by atoms with Gasteiger partial charge < -0.3 is 15.4 Å². The summed E-state index contributed by atoms with van der Waals surface area (Å²) in [5, 5.41) is 14.2. The van der Waals surface area contributed by atoms with Crippen molar-refractivity contribution in [1.82, 2.24) is 0 Å². The Hall–Kier alpha value is -3.80. The average molecular weight is 431 g/mol. The Balaban J connectivity index is 2.14. The summed E-state index contributed by atoms with van der Waals surface area (Å²) in [5.41, 5.74) is -0.914. The van der Waals surface area contributed by atoms with Crippen molar-refractivity contribution in [1.29, 1.82) is 5.26 Å². The molecule has 2 aromatic carbocycles. The molecule has 2 N–H and O–H groups in total. The van der Waals surface area contributed by atoms with Crippen LogP contribution in [-0.4, -0.2) is 18.5 Å². The van der Waals surface area contributed by atoms with Crippen LogP contribution in [-0.2, 0) is 15.7 Å². The number of amides is 1. The van der Waals surface area contributed by atoms with E-state index < -0.39 is 29.2 Å². The summed E-state index contributed by atoms with van der Waals surface area (Å²) < 4.78 is 43.6. The average Bonchev–Trinajstić information content (AvgIpc) is 2.74. The summed E-state index contributed by atoms with van der Waals surface area (Å²) in [5.74, 6) is -1.46. The second kappa shape index (κ2) is 10.8. The molecule has 0 aliphatic rings. The van der Waals surface area contributed by atoms with Crippen LogP contribution in [0, 0.1) is 11.3 Å². The van der Waals surface area contributed by atoms with E-state index in [2.05, 4.69) is 10.6 Å². The first-order chi connectivity index (χ1) is 14.8. The number of nitrogens with zero attached hydrogens (tertiary/aromatic N) is 1. The van der Waals surface area contributed by atoms with Gasteiger partial charge in [-0.3, -0.25) is 4.79 Å². The van der Waals surface area contributed by atoms with Crippen LogP contribution >= 0.6 is 0 Å². The Labute approximate surface area is 177 Å². The number of nitrogens with one attached hydrogen (secondary N) is 2. The number of hydrogen-bond donors (Lipinski definition) is 2. The molecule has 1 amide bonds. The zero-order valence-corrected chi connectivity index (χ0v) is 16.6. The van der Waals surface area contributed by atoms with Crippen molar-refractivity contribution >= 4 is 23.3 Å². The lowest BCUT2D eigenvalue weighted by Gasteiger charge is -2.11. The van der Waals surface area contributed by atoms with Crippen LogP contribution < -0.4 is 10.6 Å². The van der Waals surface area contributed by atoms with Crippen molar-refractivity contribution in [3.8, 4) is 6.07 Å². The Morgan fingerprint density at radius 2 is 1.90 bits per heavy atom. The lowest BCUT2D eigenvalue weighted by atomic mass is 10.1. The second-order valence-corrected chi connectivity index (χ2v) is 6.38. The Morgan fingerprint density at radius 1 is 1.16 bits per heavy atom. The largest absolute Gasteiger partial charge is 0.462 e. The molecule has 162 valence electrons. The molecule has 2 aromatic rings. The van der Waals surface area contributed by atoms with E-state index in [-0.39, 0.29) is 17.9 Å². The predicted octanol–water partition coefficient (Wildman–Crippen LogP) is 5.12. The van der Waals surface area contributed by atoms with Crippen LogP contribution in [0.2, 0.25) is 0 Å². The molecule has 31 heavy (non-hydrogen) atoms. The van der Waals surface area contributed by atoms with Crippen LogP contribution in [0.1, 0.15) is 35.7 Å². The van der Waals surface area contributed by atoms with Gasteiger partial charge >= 0.3 is 12.1 Å². The van der Waals surface area contributed by atoms with Gasteiger partial charge in [0, 0.05) is 11.9 Å². The monoisotopic (exact) mass is 431 g/mol. The van der Waals surface area contributed by atoms with Gasteiger partial charge in [-0.05, 0) is 36.8 Å². The van der Waals surface area contributed by atoms with E-state index in [0.29, 0.717) is 5.69 Å². The maximum absolute atomic E-state index is 12.8. The van der Waals surface area contributed by atoms with Crippen LogP contribution in [0.3, 0.4) is 0 Å². The maximum Gasteiger partial charge on any atom is 0.416 e. The van der Waals surface area contributed by atoms with Gasteiger partial charge in [-0.15, -0.1) is 0 Å². The van der Waals surface area contributed by atoms with E-state index in [1.54, 1.807) is 24.3 Å². The molecular weight excluding hydrogens is 411 g/mol. The van der Waals surface area contributed by atoms with E-state index >= 15 is 0 Å². The Bertz CT molecular complexity index is 1010. The first-order valence-corrected chi connectivity index (χ1v) is 9.37. The number of anilines is 2. The number of alkyl halides is 3. The number of para-hydroxylation sites is 1. The van der Waals surface area contributed by atoms with Gasteiger partial charge in [-0.2, -0.15) is 18.4 Å². The quantitative estimate of drug-likeness (QED) is 0.262. The highest BCUT2D eigenvalue weighted by Gasteiger charge is 2.30. The molecule has 0 heterocycles. The molecule has 0 spiro atoms. The number of hydrogen-bond acceptors (Lipinski definition) is 5. The molecule has 0 bridgehead atoms. The first kappa shape index (κ1) is 23.5. The molecule has 0 atom stereocenters. The standard InChI is InChI=1S/C22H20F3N3O3/c1-2-3-11-31-21(30)18-9-4-5-10-19(18)27-14-15(13-26)20(29)28-17-8-6-7-16(12-17)22(23,24)25/h4-10,12,14,27H,2-3,11H2,1H3,(H,28,29)/b15-14-. The van der Waals surface area contributed by atoms with Crippen LogP contribution in [0.15, 0.2) is 60.3 Å². The highest BCUT2D eigenvalue weighted by atomic mass is 19.4. The number of esters is 1. The van der Waals surface area contributed by atoms with E-state index in [0.717, 1.165) is 37.2 Å². The number of nitriles is 1. The zero-order chi connectivity index (χ0) is 22.9. The molecule has 9 heteroatoms. The summed E-state index contributed by atoms with van der Waals surface area (Å²) >= 11 is 0. The highest BCUT2D eigenvalue weighted by Crippen LogP contribution is 2.30. The minimum absolute atomic E-state index is 0.110. The molecule has 0 aliphatic heterocycles. The SMILES string of the molecule is CCCCOC(=O)c1ccccc1N/C=C(/C#N)C(=O)Nc1cccc(C(F)(F)F)c1. The van der Waals surface area contributed by atoms with Gasteiger partial charge in [-0.1, -0.05) is 31.5 Å². The number of rotatable bonds is 8. The molecule has 0 fully saturated rings. The van der Waals surface area contributed by atoms with E-state index in [9.17, 15) is 28.0 Å². The van der Waals surface area contributed by atoms with Crippen molar-refractivity contribution in [2.45, 2.75) is 25.9 Å². The molecule has 0 unspecified atom stereocenters. The number of benzene rings is 2.